The summed E-state index contributed by atoms with van der Waals surface area (Å²) in [6, 6.07) is 11.3. The smallest absolute Gasteiger partial charge is 0.265 e. The first-order valence-electron chi connectivity index (χ1n) is 9.54. The van der Waals surface area contributed by atoms with Crippen molar-refractivity contribution in [2.75, 3.05) is 22.7 Å². The zero-order valence-corrected chi connectivity index (χ0v) is 17.4. The molecule has 31 heavy (non-hydrogen) atoms. The number of rotatable bonds is 5. The van der Waals surface area contributed by atoms with E-state index in [1.54, 1.807) is 36.3 Å². The summed E-state index contributed by atoms with van der Waals surface area (Å²) in [5.74, 6) is 0.529. The molecule has 1 aliphatic heterocycles. The minimum atomic E-state index is -3.87. The van der Waals surface area contributed by atoms with E-state index in [2.05, 4.69) is 30.9 Å². The molecule has 0 amide bonds. The first-order chi connectivity index (χ1) is 14.9. The molecule has 1 fully saturated rings. The fourth-order valence-electron chi connectivity index (χ4n) is 3.59. The van der Waals surface area contributed by atoms with E-state index in [9.17, 15) is 8.42 Å². The number of sulfonamides is 1. The van der Waals surface area contributed by atoms with Gasteiger partial charge < -0.3 is 4.90 Å². The minimum Gasteiger partial charge on any atom is -0.369 e. The van der Waals surface area contributed by atoms with Crippen molar-refractivity contribution in [2.45, 2.75) is 4.90 Å². The van der Waals surface area contributed by atoms with Crippen molar-refractivity contribution in [1.82, 2.24) is 24.5 Å². The third-order valence-electron chi connectivity index (χ3n) is 5.27. The predicted molar refractivity (Wildman–Crippen MR) is 114 cm³/mol. The monoisotopic (exact) mass is 434 g/mol. The highest BCUT2D eigenvalue weighted by Crippen LogP contribution is 2.27. The lowest BCUT2D eigenvalue weighted by molar-refractivity contribution is 0.504. The summed E-state index contributed by atoms with van der Waals surface area (Å²) in [7, 11) is -2.11. The lowest BCUT2D eigenvalue weighted by Crippen LogP contribution is -2.46. The average molecular weight is 434 g/mol. The normalized spacial score (nSPS) is 14.4. The zero-order chi connectivity index (χ0) is 21.6. The van der Waals surface area contributed by atoms with Crippen LogP contribution in [0.3, 0.4) is 0 Å². The van der Waals surface area contributed by atoms with E-state index in [-0.39, 0.29) is 10.8 Å². The van der Waals surface area contributed by atoms with Gasteiger partial charge in [0.2, 0.25) is 0 Å². The number of hydrogen-bond donors (Lipinski definition) is 1. The number of nitriles is 1. The van der Waals surface area contributed by atoms with Gasteiger partial charge in [-0.2, -0.15) is 15.5 Å². The van der Waals surface area contributed by atoms with Gasteiger partial charge in [0.25, 0.3) is 10.0 Å². The molecule has 4 aromatic rings. The number of nitrogens with one attached hydrogen (secondary N) is 1. The number of aromatic nitrogens is 5. The van der Waals surface area contributed by atoms with Crippen molar-refractivity contribution >= 4 is 32.3 Å². The van der Waals surface area contributed by atoms with Crippen molar-refractivity contribution < 1.29 is 8.42 Å². The molecule has 0 saturated carbocycles. The second-order valence-corrected chi connectivity index (χ2v) is 9.02. The fraction of sp³-hybridized carbons (Fsp3) is 0.200. The maximum Gasteiger partial charge on any atom is 0.265 e. The highest BCUT2D eigenvalue weighted by Gasteiger charge is 2.27. The lowest BCUT2D eigenvalue weighted by atomic mass is 10.0. The van der Waals surface area contributed by atoms with Crippen molar-refractivity contribution in [1.29, 1.82) is 5.26 Å². The number of hydrogen-bond acceptors (Lipinski definition) is 7. The van der Waals surface area contributed by atoms with Crippen LogP contribution in [0.15, 0.2) is 60.0 Å². The van der Waals surface area contributed by atoms with E-state index in [0.29, 0.717) is 30.1 Å². The second-order valence-electron chi connectivity index (χ2n) is 7.34. The predicted octanol–water partition coefficient (Wildman–Crippen LogP) is 1.91. The number of para-hydroxylation sites is 1. The van der Waals surface area contributed by atoms with Gasteiger partial charge >= 0.3 is 0 Å². The molecule has 0 spiro atoms. The van der Waals surface area contributed by atoms with Crippen LogP contribution < -0.4 is 9.62 Å². The van der Waals surface area contributed by atoms with Gasteiger partial charge in [0.1, 0.15) is 4.90 Å². The van der Waals surface area contributed by atoms with E-state index in [0.717, 1.165) is 11.1 Å². The fourth-order valence-corrected chi connectivity index (χ4v) is 4.59. The van der Waals surface area contributed by atoms with Crippen LogP contribution in [-0.4, -0.2) is 46.1 Å². The molecule has 10 nitrogen and oxygen atoms in total. The Morgan fingerprint density at radius 3 is 2.84 bits per heavy atom. The summed E-state index contributed by atoms with van der Waals surface area (Å²) in [5, 5.41) is 18.2. The molecule has 1 aliphatic rings. The topological polar surface area (TPSA) is 122 Å². The Kier molecular flexibility index (Phi) is 4.37. The van der Waals surface area contributed by atoms with Gasteiger partial charge in [0, 0.05) is 43.5 Å². The molecular weight excluding hydrogens is 416 g/mol. The molecule has 156 valence electrons. The Bertz CT molecular complexity index is 1430. The maximum atomic E-state index is 13.0. The van der Waals surface area contributed by atoms with E-state index in [4.69, 9.17) is 5.26 Å². The van der Waals surface area contributed by atoms with Crippen LogP contribution in [0, 0.1) is 17.2 Å². The molecule has 4 heterocycles. The molecule has 0 bridgehead atoms. The number of benzene rings is 1. The summed E-state index contributed by atoms with van der Waals surface area (Å²) < 4.78 is 31.6. The molecule has 0 aliphatic carbocycles. The van der Waals surface area contributed by atoms with E-state index >= 15 is 0 Å². The minimum absolute atomic E-state index is 0.0207. The van der Waals surface area contributed by atoms with Crippen molar-refractivity contribution in [2.24, 2.45) is 13.0 Å². The number of anilines is 2. The highest BCUT2D eigenvalue weighted by atomic mass is 32.2. The SMILES string of the molecule is Cn1ncc2cccc(NS(=O)(=O)c3cnn(-c4cc(N5CC(C#N)C5)ccn4)c3)c21. The highest BCUT2D eigenvalue weighted by molar-refractivity contribution is 7.92. The maximum absolute atomic E-state index is 13.0. The Morgan fingerprint density at radius 1 is 1.19 bits per heavy atom. The Labute approximate surface area is 178 Å². The van der Waals surface area contributed by atoms with Gasteiger partial charge in [-0.25, -0.2) is 18.1 Å². The summed E-state index contributed by atoms with van der Waals surface area (Å²) in [6.45, 7) is 1.34. The molecule has 5 rings (SSSR count). The number of pyridine rings is 1. The van der Waals surface area contributed by atoms with Gasteiger partial charge in [0.05, 0.1) is 41.8 Å². The third-order valence-corrected chi connectivity index (χ3v) is 6.59. The van der Waals surface area contributed by atoms with Gasteiger partial charge in [-0.15, -0.1) is 0 Å². The Balaban J connectivity index is 1.41. The number of fused-ring (bicyclic) bond motifs is 1. The van der Waals surface area contributed by atoms with Gasteiger partial charge in [-0.05, 0) is 12.1 Å². The molecule has 3 aromatic heterocycles. The van der Waals surface area contributed by atoms with Crippen LogP contribution in [0.5, 0.6) is 0 Å². The van der Waals surface area contributed by atoms with Gasteiger partial charge in [-0.1, -0.05) is 12.1 Å². The first kappa shape index (κ1) is 19.1. The van der Waals surface area contributed by atoms with Crippen LogP contribution in [0.2, 0.25) is 0 Å². The van der Waals surface area contributed by atoms with Crippen LogP contribution >= 0.6 is 0 Å². The van der Waals surface area contributed by atoms with Crippen molar-refractivity contribution in [3.05, 3.63) is 55.1 Å². The Morgan fingerprint density at radius 2 is 2.03 bits per heavy atom. The molecule has 11 heteroatoms. The zero-order valence-electron chi connectivity index (χ0n) is 16.5. The number of aryl methyl sites for hydroxylation is 1. The molecule has 1 N–H and O–H groups in total. The van der Waals surface area contributed by atoms with E-state index < -0.39 is 10.0 Å². The Hall–Kier alpha value is -3.91. The van der Waals surface area contributed by atoms with Crippen molar-refractivity contribution in [3.8, 4) is 11.9 Å². The third kappa shape index (κ3) is 3.36. The van der Waals surface area contributed by atoms with Crippen LogP contribution in [0.1, 0.15) is 0 Å². The summed E-state index contributed by atoms with van der Waals surface area (Å²) >= 11 is 0. The summed E-state index contributed by atoms with van der Waals surface area (Å²) in [4.78, 5) is 6.38. The van der Waals surface area contributed by atoms with Gasteiger partial charge in [0.15, 0.2) is 5.82 Å². The van der Waals surface area contributed by atoms with Crippen LogP contribution in [0.4, 0.5) is 11.4 Å². The van der Waals surface area contributed by atoms with Gasteiger partial charge in [-0.3, -0.25) is 9.40 Å². The van der Waals surface area contributed by atoms with Crippen LogP contribution in [0.25, 0.3) is 16.7 Å². The van der Waals surface area contributed by atoms with E-state index in [1.165, 1.54) is 17.1 Å². The molecule has 1 aromatic carbocycles. The summed E-state index contributed by atoms with van der Waals surface area (Å²) in [6.07, 6.45) is 6.03. The van der Waals surface area contributed by atoms with Crippen molar-refractivity contribution in [3.63, 3.8) is 0 Å². The molecule has 0 unspecified atom stereocenters. The van der Waals surface area contributed by atoms with Crippen LogP contribution in [-0.2, 0) is 17.1 Å². The molecule has 0 atom stereocenters. The lowest BCUT2D eigenvalue weighted by Gasteiger charge is -2.37. The second kappa shape index (κ2) is 7.10. The van der Waals surface area contributed by atoms with E-state index in [1.807, 2.05) is 18.2 Å². The molecular formula is C20H18N8O2S. The first-order valence-corrected chi connectivity index (χ1v) is 11.0. The standard InChI is InChI=1S/C20H18N8O2S/c1-26-20-15(9-23-26)3-2-4-18(20)25-31(29,30)17-10-24-28(13-17)19-7-16(5-6-22-19)27-11-14(8-21)12-27/h2-7,9-10,13-14,25H,11-12H2,1H3. The summed E-state index contributed by atoms with van der Waals surface area (Å²) in [5.41, 5.74) is 2.05. The average Bonchev–Trinajstić information content (AvgIpc) is 3.36. The molecule has 1 saturated heterocycles. The number of nitrogens with zero attached hydrogens (tertiary/aromatic N) is 7. The molecule has 0 radical (unpaired) electrons. The largest absolute Gasteiger partial charge is 0.369 e. The quantitative estimate of drug-likeness (QED) is 0.509.